The van der Waals surface area contributed by atoms with Crippen molar-refractivity contribution in [3.63, 3.8) is 0 Å². The third-order valence-electron chi connectivity index (χ3n) is 6.84. The van der Waals surface area contributed by atoms with Gasteiger partial charge >= 0.3 is 5.97 Å². The van der Waals surface area contributed by atoms with Gasteiger partial charge in [-0.15, -0.1) is 0 Å². The summed E-state index contributed by atoms with van der Waals surface area (Å²) < 4.78 is 16.3. The minimum Gasteiger partial charge on any atom is -0.497 e. The highest BCUT2D eigenvalue weighted by molar-refractivity contribution is 5.79. The molecule has 0 bridgehead atoms. The molecule has 0 aromatic heterocycles. The first-order valence-electron chi connectivity index (χ1n) is 12.2. The van der Waals surface area contributed by atoms with E-state index in [0.717, 1.165) is 24.0 Å². The van der Waals surface area contributed by atoms with Gasteiger partial charge in [-0.3, -0.25) is 14.5 Å². The van der Waals surface area contributed by atoms with Crippen LogP contribution < -0.4 is 14.2 Å². The van der Waals surface area contributed by atoms with E-state index in [-0.39, 0.29) is 25.2 Å². The number of carboxylic acid groups (broad SMARTS) is 1. The molecule has 188 valence electrons. The molecule has 1 saturated heterocycles. The number of ether oxygens (including phenoxy) is 3. The quantitative estimate of drug-likeness (QED) is 0.549. The summed E-state index contributed by atoms with van der Waals surface area (Å²) >= 11 is 0. The fourth-order valence-electron chi connectivity index (χ4n) is 5.25. The fourth-order valence-corrected chi connectivity index (χ4v) is 5.25. The minimum absolute atomic E-state index is 0.0303. The second-order valence-corrected chi connectivity index (χ2v) is 9.11. The predicted molar refractivity (Wildman–Crippen MR) is 131 cm³/mol. The molecule has 2 heterocycles. The van der Waals surface area contributed by atoms with Crippen LogP contribution in [0.25, 0.3) is 0 Å². The lowest BCUT2D eigenvalue weighted by atomic mass is 9.82. The third-order valence-corrected chi connectivity index (χ3v) is 6.84. The van der Waals surface area contributed by atoms with Crippen LogP contribution in [0.15, 0.2) is 42.5 Å². The second kappa shape index (κ2) is 11.0. The number of aliphatic carboxylic acids is 1. The molecule has 0 spiro atoms. The van der Waals surface area contributed by atoms with E-state index in [0.29, 0.717) is 36.9 Å². The smallest absolute Gasteiger partial charge is 0.309 e. The maximum Gasteiger partial charge on any atom is 0.309 e. The summed E-state index contributed by atoms with van der Waals surface area (Å²) in [5.41, 5.74) is 1.72. The zero-order valence-electron chi connectivity index (χ0n) is 20.6. The van der Waals surface area contributed by atoms with Gasteiger partial charge in [-0.2, -0.15) is 0 Å². The van der Waals surface area contributed by atoms with Crippen molar-refractivity contribution in [3.8, 4) is 17.2 Å². The standard InChI is InChI=1S/C27H34N2O6/c1-4-12-28(13-5-2)24(30)16-29-15-21(19-8-11-22-23(14-19)35-17-34-22)25(27(31)32)26(29)18-6-9-20(33-3)10-7-18/h6-11,14,21,25-26H,4-5,12-13,15-17H2,1-3H3,(H,31,32)/t21-,25-,26+/m0/s1. The van der Waals surface area contributed by atoms with E-state index in [1.54, 1.807) is 7.11 Å². The molecular formula is C27H34N2O6. The van der Waals surface area contributed by atoms with Crippen LogP contribution in [0.2, 0.25) is 0 Å². The van der Waals surface area contributed by atoms with E-state index in [1.807, 2.05) is 52.3 Å². The Labute approximate surface area is 206 Å². The summed E-state index contributed by atoms with van der Waals surface area (Å²) in [5.74, 6) is 0.0807. The van der Waals surface area contributed by atoms with E-state index in [4.69, 9.17) is 14.2 Å². The van der Waals surface area contributed by atoms with Crippen LogP contribution in [-0.2, 0) is 9.59 Å². The number of likely N-dealkylation sites (tertiary alicyclic amines) is 1. The van der Waals surface area contributed by atoms with Crippen LogP contribution in [0.3, 0.4) is 0 Å². The van der Waals surface area contributed by atoms with Gasteiger partial charge < -0.3 is 24.2 Å². The number of carbonyl (C=O) groups excluding carboxylic acids is 1. The highest BCUT2D eigenvalue weighted by Gasteiger charge is 2.48. The molecule has 1 fully saturated rings. The first-order valence-corrected chi connectivity index (χ1v) is 12.2. The highest BCUT2D eigenvalue weighted by atomic mass is 16.7. The van der Waals surface area contributed by atoms with Crippen LogP contribution >= 0.6 is 0 Å². The highest BCUT2D eigenvalue weighted by Crippen LogP contribution is 2.47. The first-order chi connectivity index (χ1) is 17.0. The first kappa shape index (κ1) is 24.9. The number of benzene rings is 2. The largest absolute Gasteiger partial charge is 0.497 e. The number of nitrogens with zero attached hydrogens (tertiary/aromatic N) is 2. The van der Waals surface area contributed by atoms with Crippen molar-refractivity contribution in [1.29, 1.82) is 0 Å². The summed E-state index contributed by atoms with van der Waals surface area (Å²) in [5, 5.41) is 10.4. The SMILES string of the molecule is CCCN(CCC)C(=O)CN1C[C@@H](c2ccc3c(c2)OCO3)[C@H](C(=O)O)[C@H]1c1ccc(OC)cc1. The molecule has 3 atom stereocenters. The predicted octanol–water partition coefficient (Wildman–Crippen LogP) is 3.91. The number of carbonyl (C=O) groups is 2. The van der Waals surface area contributed by atoms with Gasteiger partial charge in [0.05, 0.1) is 19.6 Å². The van der Waals surface area contributed by atoms with Gasteiger partial charge in [0.15, 0.2) is 11.5 Å². The Bertz CT molecular complexity index is 1030. The van der Waals surface area contributed by atoms with E-state index in [9.17, 15) is 14.7 Å². The lowest BCUT2D eigenvalue weighted by Crippen LogP contribution is -2.41. The van der Waals surface area contributed by atoms with Gasteiger partial charge in [-0.1, -0.05) is 32.0 Å². The molecule has 2 aliphatic heterocycles. The number of fused-ring (bicyclic) bond motifs is 1. The van der Waals surface area contributed by atoms with Gasteiger partial charge in [-0.25, -0.2) is 0 Å². The van der Waals surface area contributed by atoms with Crippen molar-refractivity contribution in [2.45, 2.75) is 38.6 Å². The third kappa shape index (κ3) is 5.22. The summed E-state index contributed by atoms with van der Waals surface area (Å²) in [7, 11) is 1.60. The van der Waals surface area contributed by atoms with Gasteiger partial charge in [-0.05, 0) is 48.2 Å². The van der Waals surface area contributed by atoms with Crippen LogP contribution in [0.5, 0.6) is 17.2 Å². The number of amides is 1. The normalized spacial score (nSPS) is 21.2. The maximum atomic E-state index is 13.3. The number of methoxy groups -OCH3 is 1. The van der Waals surface area contributed by atoms with Crippen molar-refractivity contribution in [1.82, 2.24) is 9.80 Å². The number of carboxylic acids is 1. The molecule has 0 aliphatic carbocycles. The molecule has 1 N–H and O–H groups in total. The Balaban J connectivity index is 1.70. The fraction of sp³-hybridized carbons (Fsp3) is 0.481. The van der Waals surface area contributed by atoms with E-state index in [2.05, 4.69) is 13.8 Å². The van der Waals surface area contributed by atoms with Gasteiger partial charge in [0.25, 0.3) is 0 Å². The van der Waals surface area contributed by atoms with Crippen molar-refractivity contribution in [2.24, 2.45) is 5.92 Å². The molecule has 35 heavy (non-hydrogen) atoms. The zero-order valence-corrected chi connectivity index (χ0v) is 20.6. The molecule has 1 amide bonds. The minimum atomic E-state index is -0.887. The summed E-state index contributed by atoms with van der Waals surface area (Å²) in [6, 6.07) is 12.6. The summed E-state index contributed by atoms with van der Waals surface area (Å²) in [6.45, 7) is 6.28. The number of rotatable bonds is 10. The van der Waals surface area contributed by atoms with Crippen molar-refractivity contribution < 1.29 is 28.9 Å². The summed E-state index contributed by atoms with van der Waals surface area (Å²) in [6.07, 6.45) is 1.76. The molecular weight excluding hydrogens is 448 g/mol. The van der Waals surface area contributed by atoms with E-state index < -0.39 is 17.9 Å². The number of hydrogen-bond donors (Lipinski definition) is 1. The number of hydrogen-bond acceptors (Lipinski definition) is 6. The second-order valence-electron chi connectivity index (χ2n) is 9.11. The Morgan fingerprint density at radius 1 is 1.03 bits per heavy atom. The lowest BCUT2D eigenvalue weighted by molar-refractivity contribution is -0.144. The van der Waals surface area contributed by atoms with Crippen LogP contribution in [0.1, 0.15) is 49.8 Å². The monoisotopic (exact) mass is 482 g/mol. The van der Waals surface area contributed by atoms with Crippen LogP contribution in [0.4, 0.5) is 0 Å². The Morgan fingerprint density at radius 3 is 2.31 bits per heavy atom. The van der Waals surface area contributed by atoms with Crippen LogP contribution in [0, 0.1) is 5.92 Å². The maximum absolute atomic E-state index is 13.3. The van der Waals surface area contributed by atoms with Crippen molar-refractivity contribution in [3.05, 3.63) is 53.6 Å². The Morgan fingerprint density at radius 2 is 1.69 bits per heavy atom. The molecule has 2 aromatic rings. The molecule has 8 heteroatoms. The zero-order chi connectivity index (χ0) is 24.9. The molecule has 2 aromatic carbocycles. The van der Waals surface area contributed by atoms with Gasteiger partial charge in [0, 0.05) is 31.6 Å². The molecule has 2 aliphatic rings. The van der Waals surface area contributed by atoms with Crippen molar-refractivity contribution in [2.75, 3.05) is 40.1 Å². The average Bonchev–Trinajstić information content (AvgIpc) is 3.48. The molecule has 0 unspecified atom stereocenters. The average molecular weight is 483 g/mol. The van der Waals surface area contributed by atoms with Gasteiger partial charge in [0.2, 0.25) is 12.7 Å². The molecule has 0 radical (unpaired) electrons. The summed E-state index contributed by atoms with van der Waals surface area (Å²) in [4.78, 5) is 29.9. The van der Waals surface area contributed by atoms with Gasteiger partial charge in [0.1, 0.15) is 5.75 Å². The van der Waals surface area contributed by atoms with Crippen molar-refractivity contribution >= 4 is 11.9 Å². The van der Waals surface area contributed by atoms with E-state index in [1.165, 1.54) is 0 Å². The topological polar surface area (TPSA) is 88.5 Å². The molecule has 8 nitrogen and oxygen atoms in total. The van der Waals surface area contributed by atoms with Crippen LogP contribution in [-0.4, -0.2) is 66.9 Å². The molecule has 0 saturated carbocycles. The lowest BCUT2D eigenvalue weighted by Gasteiger charge is -2.29. The Kier molecular flexibility index (Phi) is 7.80. The van der Waals surface area contributed by atoms with E-state index >= 15 is 0 Å². The molecule has 4 rings (SSSR count). The Hall–Kier alpha value is -3.26.